The standard InChI is InChI=1S/C7H16ClNO2S/c1-2-9-5-3-6-12(10,11)7-4-8/h9H,2-7H2,1H3. The lowest BCUT2D eigenvalue weighted by Gasteiger charge is -2.02. The fourth-order valence-electron chi connectivity index (χ4n) is 0.813. The molecule has 3 nitrogen and oxygen atoms in total. The second-order valence-corrected chi connectivity index (χ2v) is 5.23. The van der Waals surface area contributed by atoms with Crippen LogP contribution in [0.3, 0.4) is 0 Å². The zero-order chi connectivity index (χ0) is 9.45. The molecule has 0 amide bonds. The minimum Gasteiger partial charge on any atom is -0.317 e. The first-order chi connectivity index (χ1) is 5.62. The Bertz CT molecular complexity index is 192. The molecule has 0 bridgehead atoms. The van der Waals surface area contributed by atoms with Gasteiger partial charge in [-0.2, -0.15) is 0 Å². The number of nitrogens with one attached hydrogen (secondary N) is 1. The summed E-state index contributed by atoms with van der Waals surface area (Å²) >= 11 is 5.33. The highest BCUT2D eigenvalue weighted by atomic mass is 35.5. The van der Waals surface area contributed by atoms with Crippen molar-refractivity contribution in [2.24, 2.45) is 0 Å². The zero-order valence-electron chi connectivity index (χ0n) is 7.35. The quantitative estimate of drug-likeness (QED) is 0.499. The van der Waals surface area contributed by atoms with Crippen LogP contribution in [0.25, 0.3) is 0 Å². The van der Waals surface area contributed by atoms with E-state index in [4.69, 9.17) is 11.6 Å². The van der Waals surface area contributed by atoms with E-state index < -0.39 is 9.84 Å². The summed E-state index contributed by atoms with van der Waals surface area (Å²) in [4.78, 5) is 0. The topological polar surface area (TPSA) is 46.2 Å². The highest BCUT2D eigenvalue weighted by Gasteiger charge is 2.08. The fraction of sp³-hybridized carbons (Fsp3) is 1.00. The lowest BCUT2D eigenvalue weighted by molar-refractivity contribution is 0.591. The van der Waals surface area contributed by atoms with Crippen molar-refractivity contribution >= 4 is 21.4 Å². The Hall–Kier alpha value is 0.200. The van der Waals surface area contributed by atoms with E-state index in [-0.39, 0.29) is 17.4 Å². The van der Waals surface area contributed by atoms with Crippen molar-refractivity contribution in [3.05, 3.63) is 0 Å². The largest absolute Gasteiger partial charge is 0.317 e. The van der Waals surface area contributed by atoms with Crippen molar-refractivity contribution < 1.29 is 8.42 Å². The maximum Gasteiger partial charge on any atom is 0.151 e. The van der Waals surface area contributed by atoms with Gasteiger partial charge in [0.05, 0.1) is 11.5 Å². The number of hydrogen-bond donors (Lipinski definition) is 1. The van der Waals surface area contributed by atoms with Gasteiger partial charge >= 0.3 is 0 Å². The van der Waals surface area contributed by atoms with Crippen LogP contribution >= 0.6 is 11.6 Å². The summed E-state index contributed by atoms with van der Waals surface area (Å²) in [5, 5.41) is 3.07. The number of hydrogen-bond acceptors (Lipinski definition) is 3. The second kappa shape index (κ2) is 6.69. The highest BCUT2D eigenvalue weighted by molar-refractivity contribution is 7.91. The maximum absolute atomic E-state index is 11.1. The molecule has 0 aromatic carbocycles. The van der Waals surface area contributed by atoms with Gasteiger partial charge < -0.3 is 5.32 Å². The summed E-state index contributed by atoms with van der Waals surface area (Å²) in [5.74, 6) is 0.539. The Kier molecular flexibility index (Phi) is 6.80. The number of halogens is 1. The van der Waals surface area contributed by atoms with Gasteiger partial charge in [0, 0.05) is 5.88 Å². The molecule has 0 aliphatic heterocycles. The van der Waals surface area contributed by atoms with Gasteiger partial charge in [0.2, 0.25) is 0 Å². The summed E-state index contributed by atoms with van der Waals surface area (Å²) in [6.45, 7) is 3.64. The molecule has 12 heavy (non-hydrogen) atoms. The van der Waals surface area contributed by atoms with Gasteiger partial charge in [0.1, 0.15) is 0 Å². The molecular formula is C7H16ClNO2S. The van der Waals surface area contributed by atoms with Crippen LogP contribution in [0.5, 0.6) is 0 Å². The summed E-state index contributed by atoms with van der Waals surface area (Å²) in [7, 11) is -2.88. The van der Waals surface area contributed by atoms with E-state index in [1.807, 2.05) is 6.92 Å². The molecule has 74 valence electrons. The molecular weight excluding hydrogens is 198 g/mol. The van der Waals surface area contributed by atoms with Crippen LogP contribution in [0, 0.1) is 0 Å². The smallest absolute Gasteiger partial charge is 0.151 e. The van der Waals surface area contributed by atoms with Crippen LogP contribution in [0.1, 0.15) is 13.3 Å². The summed E-state index contributed by atoms with van der Waals surface area (Å²) in [6.07, 6.45) is 0.674. The van der Waals surface area contributed by atoms with E-state index in [9.17, 15) is 8.42 Å². The van der Waals surface area contributed by atoms with E-state index in [1.165, 1.54) is 0 Å². The average molecular weight is 214 g/mol. The van der Waals surface area contributed by atoms with Gasteiger partial charge in [0.25, 0.3) is 0 Å². The molecule has 0 saturated carbocycles. The molecule has 0 saturated heterocycles. The van der Waals surface area contributed by atoms with Gasteiger partial charge in [-0.25, -0.2) is 8.42 Å². The summed E-state index contributed by atoms with van der Waals surface area (Å²) < 4.78 is 22.2. The fourth-order valence-corrected chi connectivity index (χ4v) is 2.54. The van der Waals surface area contributed by atoms with Gasteiger partial charge in [-0.1, -0.05) is 6.92 Å². The minimum atomic E-state index is -2.88. The van der Waals surface area contributed by atoms with Gasteiger partial charge in [-0.15, -0.1) is 11.6 Å². The Labute approximate surface area is 79.4 Å². The lowest BCUT2D eigenvalue weighted by Crippen LogP contribution is -2.19. The third-order valence-electron chi connectivity index (χ3n) is 1.45. The third-order valence-corrected chi connectivity index (χ3v) is 3.60. The molecule has 0 radical (unpaired) electrons. The number of rotatable bonds is 7. The van der Waals surface area contributed by atoms with Crippen molar-refractivity contribution in [1.29, 1.82) is 0 Å². The lowest BCUT2D eigenvalue weighted by atomic mass is 10.5. The first-order valence-corrected chi connectivity index (χ1v) is 6.45. The van der Waals surface area contributed by atoms with Gasteiger partial charge in [0.15, 0.2) is 9.84 Å². The monoisotopic (exact) mass is 213 g/mol. The Morgan fingerprint density at radius 2 is 2.00 bits per heavy atom. The SMILES string of the molecule is CCNCCCS(=O)(=O)CCCl. The zero-order valence-corrected chi connectivity index (χ0v) is 8.92. The molecule has 0 aromatic heterocycles. The van der Waals surface area contributed by atoms with Crippen LogP contribution in [-0.2, 0) is 9.84 Å². The van der Waals surface area contributed by atoms with Crippen molar-refractivity contribution in [3.63, 3.8) is 0 Å². The summed E-state index contributed by atoms with van der Waals surface area (Å²) in [5.41, 5.74) is 0. The van der Waals surface area contributed by atoms with E-state index in [1.54, 1.807) is 0 Å². The van der Waals surface area contributed by atoms with Gasteiger partial charge in [-0.05, 0) is 19.5 Å². The first kappa shape index (κ1) is 12.2. The third kappa shape index (κ3) is 6.88. The van der Waals surface area contributed by atoms with Crippen molar-refractivity contribution in [2.75, 3.05) is 30.5 Å². The van der Waals surface area contributed by atoms with Crippen LogP contribution in [0.4, 0.5) is 0 Å². The molecule has 5 heteroatoms. The Morgan fingerprint density at radius 1 is 1.33 bits per heavy atom. The van der Waals surface area contributed by atoms with E-state index in [2.05, 4.69) is 5.32 Å². The molecule has 0 heterocycles. The van der Waals surface area contributed by atoms with Crippen LogP contribution in [0.2, 0.25) is 0 Å². The average Bonchev–Trinajstić information content (AvgIpc) is 1.98. The predicted octanol–water partition coefficient (Wildman–Crippen LogP) is 0.640. The molecule has 0 aliphatic rings. The maximum atomic E-state index is 11.1. The molecule has 0 fully saturated rings. The Morgan fingerprint density at radius 3 is 2.50 bits per heavy atom. The van der Waals surface area contributed by atoms with Crippen LogP contribution in [0.15, 0.2) is 0 Å². The number of alkyl halides is 1. The summed E-state index contributed by atoms with van der Waals surface area (Å²) in [6, 6.07) is 0. The predicted molar refractivity (Wildman–Crippen MR) is 52.5 cm³/mol. The molecule has 0 unspecified atom stereocenters. The molecule has 0 rings (SSSR count). The normalized spacial score (nSPS) is 11.8. The van der Waals surface area contributed by atoms with Crippen LogP contribution < -0.4 is 5.32 Å². The molecule has 0 spiro atoms. The van der Waals surface area contributed by atoms with Crippen LogP contribution in [-0.4, -0.2) is 38.9 Å². The molecule has 0 aliphatic carbocycles. The second-order valence-electron chi connectivity index (χ2n) is 2.55. The van der Waals surface area contributed by atoms with Crippen molar-refractivity contribution in [2.45, 2.75) is 13.3 Å². The van der Waals surface area contributed by atoms with E-state index in [0.717, 1.165) is 13.1 Å². The molecule has 0 atom stereocenters. The van der Waals surface area contributed by atoms with Crippen molar-refractivity contribution in [1.82, 2.24) is 5.32 Å². The van der Waals surface area contributed by atoms with E-state index in [0.29, 0.717) is 6.42 Å². The first-order valence-electron chi connectivity index (χ1n) is 4.09. The molecule has 0 aromatic rings. The van der Waals surface area contributed by atoms with Crippen molar-refractivity contribution in [3.8, 4) is 0 Å². The van der Waals surface area contributed by atoms with Gasteiger partial charge in [-0.3, -0.25) is 0 Å². The number of sulfone groups is 1. The highest BCUT2D eigenvalue weighted by Crippen LogP contribution is 1.94. The molecule has 1 N–H and O–H groups in total. The Balaban J connectivity index is 3.48. The van der Waals surface area contributed by atoms with E-state index >= 15 is 0 Å². The minimum absolute atomic E-state index is 0.0979.